The fraction of sp³-hybridized carbons (Fsp3) is 0.188. The normalized spacial score (nSPS) is 12.3. The SMILES string of the molecule is C/C(=N/NS(=O)(=O)c1cc(C)ccc1C)c1cc(F)ccc1F. The predicted molar refractivity (Wildman–Crippen MR) is 84.8 cm³/mol. The lowest BCUT2D eigenvalue weighted by Crippen LogP contribution is -2.21. The van der Waals surface area contributed by atoms with Crippen LogP contribution in [0.1, 0.15) is 23.6 Å². The van der Waals surface area contributed by atoms with Crippen molar-refractivity contribution < 1.29 is 17.2 Å². The topological polar surface area (TPSA) is 58.5 Å². The molecule has 0 aromatic heterocycles. The Labute approximate surface area is 133 Å². The lowest BCUT2D eigenvalue weighted by atomic mass is 10.1. The van der Waals surface area contributed by atoms with Gasteiger partial charge in [0, 0.05) is 5.56 Å². The van der Waals surface area contributed by atoms with Crippen LogP contribution in [0.5, 0.6) is 0 Å². The zero-order valence-corrected chi connectivity index (χ0v) is 13.7. The number of sulfonamides is 1. The van der Waals surface area contributed by atoms with Gasteiger partial charge >= 0.3 is 0 Å². The summed E-state index contributed by atoms with van der Waals surface area (Å²) in [6.45, 7) is 4.83. The molecule has 0 heterocycles. The van der Waals surface area contributed by atoms with E-state index < -0.39 is 21.7 Å². The first-order chi connectivity index (χ1) is 10.7. The molecule has 4 nitrogen and oxygen atoms in total. The number of rotatable bonds is 4. The van der Waals surface area contributed by atoms with Crippen molar-refractivity contribution in [2.45, 2.75) is 25.7 Å². The average molecular weight is 338 g/mol. The molecule has 0 saturated heterocycles. The van der Waals surface area contributed by atoms with E-state index in [9.17, 15) is 17.2 Å². The summed E-state index contributed by atoms with van der Waals surface area (Å²) in [4.78, 5) is 2.15. The third-order valence-electron chi connectivity index (χ3n) is 3.28. The van der Waals surface area contributed by atoms with Crippen molar-refractivity contribution in [2.24, 2.45) is 5.10 Å². The maximum atomic E-state index is 13.7. The lowest BCUT2D eigenvalue weighted by Gasteiger charge is -2.09. The molecule has 0 aliphatic carbocycles. The van der Waals surface area contributed by atoms with Crippen molar-refractivity contribution in [1.82, 2.24) is 4.83 Å². The van der Waals surface area contributed by atoms with Crippen LogP contribution in [0.3, 0.4) is 0 Å². The van der Waals surface area contributed by atoms with E-state index in [4.69, 9.17) is 0 Å². The van der Waals surface area contributed by atoms with Crippen LogP contribution < -0.4 is 4.83 Å². The highest BCUT2D eigenvalue weighted by molar-refractivity contribution is 7.89. The van der Waals surface area contributed by atoms with Gasteiger partial charge in [0.25, 0.3) is 10.0 Å². The van der Waals surface area contributed by atoms with Crippen LogP contribution >= 0.6 is 0 Å². The zero-order chi connectivity index (χ0) is 17.2. The van der Waals surface area contributed by atoms with E-state index in [1.807, 2.05) is 0 Å². The molecule has 23 heavy (non-hydrogen) atoms. The molecule has 0 amide bonds. The van der Waals surface area contributed by atoms with Crippen molar-refractivity contribution in [2.75, 3.05) is 0 Å². The minimum absolute atomic E-state index is 0.0240. The van der Waals surface area contributed by atoms with E-state index in [0.29, 0.717) is 5.56 Å². The number of hydrogen-bond acceptors (Lipinski definition) is 3. The Morgan fingerprint density at radius 1 is 1.09 bits per heavy atom. The molecule has 1 N–H and O–H groups in total. The first kappa shape index (κ1) is 17.1. The fourth-order valence-corrected chi connectivity index (χ4v) is 3.20. The van der Waals surface area contributed by atoms with Gasteiger partial charge in [-0.05, 0) is 56.2 Å². The number of halogens is 2. The van der Waals surface area contributed by atoms with Crippen LogP contribution in [0, 0.1) is 25.5 Å². The van der Waals surface area contributed by atoms with Gasteiger partial charge in [-0.15, -0.1) is 0 Å². The van der Waals surface area contributed by atoms with Gasteiger partial charge in [0.15, 0.2) is 0 Å². The van der Waals surface area contributed by atoms with Crippen molar-refractivity contribution >= 4 is 15.7 Å². The lowest BCUT2D eigenvalue weighted by molar-refractivity contribution is 0.583. The Balaban J connectivity index is 2.34. The van der Waals surface area contributed by atoms with Gasteiger partial charge in [0.05, 0.1) is 10.6 Å². The van der Waals surface area contributed by atoms with E-state index in [0.717, 1.165) is 23.8 Å². The summed E-state index contributed by atoms with van der Waals surface area (Å²) < 4.78 is 51.5. The molecule has 0 spiro atoms. The van der Waals surface area contributed by atoms with E-state index in [1.54, 1.807) is 26.0 Å². The molecule has 2 aromatic rings. The highest BCUT2D eigenvalue weighted by Crippen LogP contribution is 2.17. The predicted octanol–water partition coefficient (Wildman–Crippen LogP) is 3.28. The first-order valence-electron chi connectivity index (χ1n) is 6.79. The number of hydrazone groups is 1. The molecule has 0 saturated carbocycles. The Morgan fingerprint density at radius 2 is 1.78 bits per heavy atom. The number of aryl methyl sites for hydroxylation is 2. The Hall–Kier alpha value is -2.28. The molecular weight excluding hydrogens is 322 g/mol. The third kappa shape index (κ3) is 3.92. The standard InChI is InChI=1S/C16H16F2N2O2S/c1-10-4-5-11(2)16(8-10)23(21,22)20-19-12(3)14-9-13(17)6-7-15(14)18/h4-9,20H,1-3H3/b19-12-. The smallest absolute Gasteiger partial charge is 0.207 e. The molecular formula is C16H16F2N2O2S. The molecule has 2 rings (SSSR count). The summed E-state index contributed by atoms with van der Waals surface area (Å²) in [5, 5.41) is 3.69. The molecule has 0 bridgehead atoms. The quantitative estimate of drug-likeness (QED) is 0.687. The number of nitrogens with one attached hydrogen (secondary N) is 1. The van der Waals surface area contributed by atoms with Crippen LogP contribution in [0.4, 0.5) is 8.78 Å². The maximum absolute atomic E-state index is 13.7. The Kier molecular flexibility index (Phi) is 4.79. The van der Waals surface area contributed by atoms with Crippen LogP contribution in [0.25, 0.3) is 0 Å². The van der Waals surface area contributed by atoms with Crippen molar-refractivity contribution in [3.05, 3.63) is 64.7 Å². The van der Waals surface area contributed by atoms with Gasteiger partial charge in [-0.3, -0.25) is 0 Å². The highest BCUT2D eigenvalue weighted by Gasteiger charge is 2.17. The third-order valence-corrected chi connectivity index (χ3v) is 4.64. The molecule has 0 radical (unpaired) electrons. The molecule has 7 heteroatoms. The molecule has 0 unspecified atom stereocenters. The average Bonchev–Trinajstić information content (AvgIpc) is 2.49. The summed E-state index contributed by atoms with van der Waals surface area (Å²) >= 11 is 0. The van der Waals surface area contributed by atoms with E-state index in [-0.39, 0.29) is 16.2 Å². The minimum Gasteiger partial charge on any atom is -0.207 e. The van der Waals surface area contributed by atoms with Gasteiger partial charge < -0.3 is 0 Å². The summed E-state index contributed by atoms with van der Waals surface area (Å²) in [7, 11) is -3.89. The van der Waals surface area contributed by atoms with E-state index in [2.05, 4.69) is 9.93 Å². The zero-order valence-electron chi connectivity index (χ0n) is 12.9. The number of nitrogens with zero attached hydrogens (tertiary/aromatic N) is 1. The second-order valence-electron chi connectivity index (χ2n) is 5.19. The van der Waals surface area contributed by atoms with Crippen LogP contribution in [0.2, 0.25) is 0 Å². The van der Waals surface area contributed by atoms with Gasteiger partial charge in [-0.1, -0.05) is 12.1 Å². The minimum atomic E-state index is -3.89. The fourth-order valence-electron chi connectivity index (χ4n) is 2.01. The number of benzene rings is 2. The summed E-state index contributed by atoms with van der Waals surface area (Å²) in [5.41, 5.74) is 1.27. The van der Waals surface area contributed by atoms with E-state index in [1.165, 1.54) is 13.0 Å². The highest BCUT2D eigenvalue weighted by atomic mass is 32.2. The Bertz CT molecular complexity index is 878. The largest absolute Gasteiger partial charge is 0.276 e. The van der Waals surface area contributed by atoms with Gasteiger partial charge in [-0.25, -0.2) is 8.78 Å². The molecule has 2 aromatic carbocycles. The van der Waals surface area contributed by atoms with Gasteiger partial charge in [-0.2, -0.15) is 18.4 Å². The van der Waals surface area contributed by atoms with Crippen LogP contribution in [-0.2, 0) is 10.0 Å². The maximum Gasteiger partial charge on any atom is 0.276 e. The molecule has 0 atom stereocenters. The summed E-state index contributed by atoms with van der Waals surface area (Å²) in [6, 6.07) is 7.90. The monoisotopic (exact) mass is 338 g/mol. The molecule has 122 valence electrons. The molecule has 0 aliphatic rings. The van der Waals surface area contributed by atoms with Crippen molar-refractivity contribution in [3.63, 3.8) is 0 Å². The molecule has 0 aliphatic heterocycles. The van der Waals surface area contributed by atoms with E-state index >= 15 is 0 Å². The molecule has 0 fully saturated rings. The van der Waals surface area contributed by atoms with Crippen LogP contribution in [-0.4, -0.2) is 14.1 Å². The van der Waals surface area contributed by atoms with Gasteiger partial charge in [0.1, 0.15) is 11.6 Å². The second-order valence-corrected chi connectivity index (χ2v) is 6.81. The first-order valence-corrected chi connectivity index (χ1v) is 8.28. The number of hydrogen-bond donors (Lipinski definition) is 1. The summed E-state index contributed by atoms with van der Waals surface area (Å²) in [5.74, 6) is -1.31. The van der Waals surface area contributed by atoms with Crippen molar-refractivity contribution in [3.8, 4) is 0 Å². The van der Waals surface area contributed by atoms with Crippen LogP contribution in [0.15, 0.2) is 46.4 Å². The van der Waals surface area contributed by atoms with Crippen molar-refractivity contribution in [1.29, 1.82) is 0 Å². The Morgan fingerprint density at radius 3 is 2.48 bits per heavy atom. The summed E-state index contributed by atoms with van der Waals surface area (Å²) in [6.07, 6.45) is 0. The van der Waals surface area contributed by atoms with Gasteiger partial charge in [0.2, 0.25) is 0 Å². The second kappa shape index (κ2) is 6.45.